The fraction of sp³-hybridized carbons (Fsp3) is 0.571. The molecule has 164 valence electrons. The van der Waals surface area contributed by atoms with Gasteiger partial charge in [-0.05, 0) is 26.3 Å². The minimum atomic E-state index is -1.27. The molecule has 3 rings (SSSR count). The van der Waals surface area contributed by atoms with Crippen molar-refractivity contribution in [3.8, 4) is 0 Å². The molecule has 0 spiro atoms. The molecule has 3 amide bonds. The smallest absolute Gasteiger partial charge is 0.411 e. The fourth-order valence-corrected chi connectivity index (χ4v) is 3.43. The summed E-state index contributed by atoms with van der Waals surface area (Å²) in [6.45, 7) is 5.72. The summed E-state index contributed by atoms with van der Waals surface area (Å²) in [6, 6.07) is 8.17. The Kier molecular flexibility index (Phi) is 6.48. The minimum Gasteiger partial charge on any atom is -0.445 e. The van der Waals surface area contributed by atoms with Gasteiger partial charge in [-0.25, -0.2) is 14.0 Å². The predicted octanol–water partition coefficient (Wildman–Crippen LogP) is 2.47. The summed E-state index contributed by atoms with van der Waals surface area (Å²) >= 11 is 0. The molecule has 2 aliphatic rings. The summed E-state index contributed by atoms with van der Waals surface area (Å²) in [4.78, 5) is 39.7. The molecule has 2 saturated heterocycles. The molecule has 2 fully saturated rings. The van der Waals surface area contributed by atoms with Crippen LogP contribution < -0.4 is 5.32 Å². The highest BCUT2D eigenvalue weighted by atomic mass is 19.1. The van der Waals surface area contributed by atoms with Crippen molar-refractivity contribution < 1.29 is 28.2 Å². The van der Waals surface area contributed by atoms with Gasteiger partial charge in [0.1, 0.15) is 24.4 Å². The van der Waals surface area contributed by atoms with Crippen molar-refractivity contribution in [1.82, 2.24) is 15.1 Å². The number of nitrogens with one attached hydrogen (secondary N) is 1. The van der Waals surface area contributed by atoms with E-state index in [1.54, 1.807) is 20.8 Å². The molecule has 8 nitrogen and oxygen atoms in total. The Morgan fingerprint density at radius 3 is 2.43 bits per heavy atom. The number of benzene rings is 1. The van der Waals surface area contributed by atoms with Crippen LogP contribution in [-0.4, -0.2) is 71.4 Å². The van der Waals surface area contributed by atoms with Crippen LogP contribution in [0, 0.1) is 0 Å². The third kappa shape index (κ3) is 5.61. The van der Waals surface area contributed by atoms with Gasteiger partial charge in [0.05, 0.1) is 12.6 Å². The molecule has 0 aromatic heterocycles. The molecule has 9 heteroatoms. The Morgan fingerprint density at radius 2 is 1.80 bits per heavy atom. The second-order valence-electron chi connectivity index (χ2n) is 8.63. The molecule has 0 unspecified atom stereocenters. The van der Waals surface area contributed by atoms with Crippen molar-refractivity contribution in [2.45, 2.75) is 57.7 Å². The van der Waals surface area contributed by atoms with E-state index in [1.165, 1.54) is 4.90 Å². The van der Waals surface area contributed by atoms with Crippen LogP contribution in [0.2, 0.25) is 0 Å². The Morgan fingerprint density at radius 1 is 1.13 bits per heavy atom. The number of carbonyl (C=O) groups is 3. The van der Waals surface area contributed by atoms with E-state index in [0.717, 1.165) is 10.5 Å². The van der Waals surface area contributed by atoms with Crippen molar-refractivity contribution in [2.24, 2.45) is 0 Å². The Balaban J connectivity index is 1.45. The van der Waals surface area contributed by atoms with Crippen molar-refractivity contribution >= 4 is 18.1 Å². The maximum atomic E-state index is 13.9. The van der Waals surface area contributed by atoms with Gasteiger partial charge in [-0.15, -0.1) is 0 Å². The van der Waals surface area contributed by atoms with Crippen molar-refractivity contribution in [3.63, 3.8) is 0 Å². The first kappa shape index (κ1) is 21.9. The first-order chi connectivity index (χ1) is 14.1. The molecule has 0 saturated carbocycles. The number of hydrogen-bond donors (Lipinski definition) is 1. The number of amides is 3. The normalized spacial score (nSPS) is 21.7. The van der Waals surface area contributed by atoms with Gasteiger partial charge in [-0.2, -0.15) is 0 Å². The van der Waals surface area contributed by atoms with Crippen LogP contribution in [0.4, 0.5) is 14.0 Å². The second-order valence-corrected chi connectivity index (χ2v) is 8.63. The van der Waals surface area contributed by atoms with E-state index < -0.39 is 30.0 Å². The molecule has 0 aliphatic carbocycles. The third-order valence-electron chi connectivity index (χ3n) is 4.89. The quantitative estimate of drug-likeness (QED) is 0.807. The number of likely N-dealkylation sites (tertiary alicyclic amines) is 2. The number of alkyl halides is 1. The van der Waals surface area contributed by atoms with Crippen molar-refractivity contribution in [2.75, 3.05) is 19.6 Å². The second kappa shape index (κ2) is 8.89. The van der Waals surface area contributed by atoms with E-state index in [0.29, 0.717) is 0 Å². The number of hydrogen-bond acceptors (Lipinski definition) is 5. The van der Waals surface area contributed by atoms with Gasteiger partial charge >= 0.3 is 12.2 Å². The highest BCUT2D eigenvalue weighted by molar-refractivity contribution is 5.87. The van der Waals surface area contributed by atoms with Crippen molar-refractivity contribution in [1.29, 1.82) is 0 Å². The Bertz CT molecular complexity index is 777. The molecular formula is C21H28FN3O5. The zero-order valence-corrected chi connectivity index (χ0v) is 17.5. The van der Waals surface area contributed by atoms with Crippen LogP contribution in [0.1, 0.15) is 32.8 Å². The zero-order valence-electron chi connectivity index (χ0n) is 17.5. The van der Waals surface area contributed by atoms with Gasteiger partial charge in [-0.1, -0.05) is 30.3 Å². The molecule has 1 aromatic carbocycles. The molecular weight excluding hydrogens is 393 g/mol. The van der Waals surface area contributed by atoms with E-state index in [-0.39, 0.29) is 44.6 Å². The number of nitrogens with zero attached hydrogens (tertiary/aromatic N) is 2. The molecule has 1 aromatic rings. The largest absolute Gasteiger partial charge is 0.445 e. The number of alkyl carbamates (subject to hydrolysis) is 1. The molecule has 1 N–H and O–H groups in total. The lowest BCUT2D eigenvalue weighted by Gasteiger charge is -2.41. The lowest BCUT2D eigenvalue weighted by atomic mass is 10.1. The fourth-order valence-electron chi connectivity index (χ4n) is 3.43. The van der Waals surface area contributed by atoms with Gasteiger partial charge in [0.2, 0.25) is 5.91 Å². The standard InChI is InChI=1S/C21H28FN3O5/c1-21(2,3)30-20(28)25-10-15(22)9-17(25)18(26)24-11-16(12-24)23-19(27)29-13-14-7-5-4-6-8-14/h4-8,15-17H,9-13H2,1-3H3,(H,23,27)/t15-,17-/m0/s1. The van der Waals surface area contributed by atoms with Gasteiger partial charge < -0.3 is 19.7 Å². The Labute approximate surface area is 175 Å². The first-order valence-electron chi connectivity index (χ1n) is 10.0. The number of halogens is 1. The van der Waals surface area contributed by atoms with Crippen LogP contribution in [0.25, 0.3) is 0 Å². The summed E-state index contributed by atoms with van der Waals surface area (Å²) in [5, 5.41) is 2.70. The maximum Gasteiger partial charge on any atom is 0.411 e. The summed E-state index contributed by atoms with van der Waals surface area (Å²) in [7, 11) is 0. The molecule has 0 radical (unpaired) electrons. The molecule has 30 heavy (non-hydrogen) atoms. The minimum absolute atomic E-state index is 0.0498. The van der Waals surface area contributed by atoms with Crippen LogP contribution >= 0.6 is 0 Å². The maximum absolute atomic E-state index is 13.9. The SMILES string of the molecule is CC(C)(C)OC(=O)N1C[C@@H](F)C[C@H]1C(=O)N1CC(NC(=O)OCc2ccccc2)C1. The molecule has 2 heterocycles. The first-order valence-corrected chi connectivity index (χ1v) is 10.0. The average Bonchev–Trinajstić information content (AvgIpc) is 3.04. The van der Waals surface area contributed by atoms with Gasteiger partial charge in [0.25, 0.3) is 0 Å². The summed E-state index contributed by atoms with van der Waals surface area (Å²) in [5.41, 5.74) is 0.146. The van der Waals surface area contributed by atoms with E-state index in [4.69, 9.17) is 9.47 Å². The lowest BCUT2D eigenvalue weighted by molar-refractivity contribution is -0.140. The van der Waals surface area contributed by atoms with Crippen LogP contribution in [-0.2, 0) is 20.9 Å². The highest BCUT2D eigenvalue weighted by Gasteiger charge is 2.45. The number of ether oxygens (including phenoxy) is 2. The topological polar surface area (TPSA) is 88.2 Å². The summed E-state index contributed by atoms with van der Waals surface area (Å²) in [6.07, 6.45) is -2.57. The number of rotatable bonds is 4. The summed E-state index contributed by atoms with van der Waals surface area (Å²) in [5.74, 6) is -0.336. The summed E-state index contributed by atoms with van der Waals surface area (Å²) < 4.78 is 24.4. The predicted molar refractivity (Wildman–Crippen MR) is 106 cm³/mol. The van der Waals surface area contributed by atoms with Gasteiger partial charge in [0, 0.05) is 19.5 Å². The van der Waals surface area contributed by atoms with Crippen molar-refractivity contribution in [3.05, 3.63) is 35.9 Å². The van der Waals surface area contributed by atoms with Crippen LogP contribution in [0.15, 0.2) is 30.3 Å². The van der Waals surface area contributed by atoms with Crippen LogP contribution in [0.5, 0.6) is 0 Å². The van der Waals surface area contributed by atoms with E-state index >= 15 is 0 Å². The highest BCUT2D eigenvalue weighted by Crippen LogP contribution is 2.26. The van der Waals surface area contributed by atoms with Gasteiger partial charge in [-0.3, -0.25) is 9.69 Å². The molecule has 0 bridgehead atoms. The number of carbonyl (C=O) groups excluding carboxylic acids is 3. The average molecular weight is 421 g/mol. The Hall–Kier alpha value is -2.84. The lowest BCUT2D eigenvalue weighted by Crippen LogP contribution is -2.64. The van der Waals surface area contributed by atoms with Gasteiger partial charge in [0.15, 0.2) is 0 Å². The molecule has 2 aliphatic heterocycles. The monoisotopic (exact) mass is 421 g/mol. The van der Waals surface area contributed by atoms with E-state index in [9.17, 15) is 18.8 Å². The van der Waals surface area contributed by atoms with Crippen LogP contribution in [0.3, 0.4) is 0 Å². The zero-order chi connectivity index (χ0) is 21.9. The molecule has 2 atom stereocenters. The van der Waals surface area contributed by atoms with E-state index in [1.807, 2.05) is 30.3 Å². The third-order valence-corrected chi connectivity index (χ3v) is 4.89. The van der Waals surface area contributed by atoms with E-state index in [2.05, 4.69) is 5.32 Å².